The maximum absolute atomic E-state index is 13.5. The molecule has 0 atom stereocenters. The van der Waals surface area contributed by atoms with Crippen molar-refractivity contribution in [3.05, 3.63) is 85.4 Å². The van der Waals surface area contributed by atoms with Gasteiger partial charge in [0.1, 0.15) is 19.0 Å². The van der Waals surface area contributed by atoms with Crippen molar-refractivity contribution in [2.75, 3.05) is 37.5 Å². The molecule has 0 saturated heterocycles. The van der Waals surface area contributed by atoms with Crippen LogP contribution in [0.25, 0.3) is 11.6 Å². The van der Waals surface area contributed by atoms with E-state index < -0.39 is 16.1 Å². The average Bonchev–Trinajstić information content (AvgIpc) is 3.57. The highest BCUT2D eigenvalue weighted by Crippen LogP contribution is 2.41. The first-order chi connectivity index (χ1) is 21.9. The molecule has 0 saturated carbocycles. The summed E-state index contributed by atoms with van der Waals surface area (Å²) in [6.45, 7) is -0.445. The topological polar surface area (TPSA) is 186 Å². The van der Waals surface area contributed by atoms with Crippen molar-refractivity contribution in [1.29, 1.82) is 0 Å². The lowest BCUT2D eigenvalue weighted by atomic mass is 10.3. The van der Waals surface area contributed by atoms with Crippen LogP contribution in [0.4, 0.5) is 16.5 Å². The number of hydrogen-bond acceptors (Lipinski definition) is 13. The van der Waals surface area contributed by atoms with Crippen molar-refractivity contribution in [2.24, 2.45) is 0 Å². The van der Waals surface area contributed by atoms with E-state index in [-0.39, 0.29) is 58.8 Å². The van der Waals surface area contributed by atoms with Gasteiger partial charge in [-0.3, -0.25) is 10.0 Å². The Balaban J connectivity index is 1.51. The van der Waals surface area contributed by atoms with Crippen molar-refractivity contribution in [1.82, 2.24) is 19.9 Å². The van der Waals surface area contributed by atoms with Crippen LogP contribution in [0, 0.1) is 0 Å². The van der Waals surface area contributed by atoms with Crippen LogP contribution < -0.4 is 29.0 Å². The van der Waals surface area contributed by atoms with E-state index in [2.05, 4.69) is 30.0 Å². The Labute approximate surface area is 257 Å². The number of amides is 1. The maximum atomic E-state index is 13.5. The van der Waals surface area contributed by atoms with E-state index in [0.717, 1.165) is 0 Å². The monoisotopic (exact) mass is 634 g/mol. The average molecular weight is 635 g/mol. The van der Waals surface area contributed by atoms with Crippen LogP contribution in [0.15, 0.2) is 94.7 Å². The van der Waals surface area contributed by atoms with Crippen molar-refractivity contribution < 1.29 is 41.3 Å². The summed E-state index contributed by atoms with van der Waals surface area (Å²) in [5.41, 5.74) is 0. The van der Waals surface area contributed by atoms with Crippen molar-refractivity contribution in [3.8, 4) is 40.5 Å². The fourth-order valence-electron chi connectivity index (χ4n) is 3.72. The molecule has 0 radical (unpaired) electrons. The van der Waals surface area contributed by atoms with Crippen molar-refractivity contribution in [2.45, 2.75) is 4.90 Å². The number of nitrogens with one attached hydrogen (secondary N) is 2. The van der Waals surface area contributed by atoms with Crippen LogP contribution in [0.5, 0.6) is 28.9 Å². The molecule has 16 heteroatoms. The number of sulfonamides is 1. The van der Waals surface area contributed by atoms with Gasteiger partial charge in [0, 0.05) is 18.5 Å². The molecular weight excluding hydrogens is 608 g/mol. The molecule has 0 aliphatic carbocycles. The van der Waals surface area contributed by atoms with Gasteiger partial charge in [-0.05, 0) is 48.5 Å². The van der Waals surface area contributed by atoms with Gasteiger partial charge in [-0.15, -0.1) is 0 Å². The van der Waals surface area contributed by atoms with Gasteiger partial charge in [-0.25, -0.2) is 28.2 Å². The highest BCUT2D eigenvalue weighted by molar-refractivity contribution is 7.92. The molecule has 5 aromatic rings. The quantitative estimate of drug-likeness (QED) is 0.169. The zero-order valence-electron chi connectivity index (χ0n) is 23.9. The first-order valence-electron chi connectivity index (χ1n) is 13.1. The van der Waals surface area contributed by atoms with E-state index >= 15 is 0 Å². The lowest BCUT2D eigenvalue weighted by Crippen LogP contribution is -2.19. The number of para-hydroxylation sites is 2. The number of rotatable bonds is 13. The smallest absolute Gasteiger partial charge is 0.414 e. The molecule has 3 heterocycles. The number of aromatic nitrogens is 4. The van der Waals surface area contributed by atoms with E-state index in [1.54, 1.807) is 42.5 Å². The number of anilines is 2. The van der Waals surface area contributed by atoms with Crippen LogP contribution >= 0.6 is 0 Å². The summed E-state index contributed by atoms with van der Waals surface area (Å²) in [5, 5.41) is 2.42. The molecule has 0 bridgehead atoms. The second kappa shape index (κ2) is 14.0. The maximum Gasteiger partial charge on any atom is 0.414 e. The fourth-order valence-corrected chi connectivity index (χ4v) is 4.72. The predicted octanol–water partition coefficient (Wildman–Crippen LogP) is 4.76. The number of hydrogen-bond donors (Lipinski definition) is 2. The van der Waals surface area contributed by atoms with E-state index in [4.69, 9.17) is 28.1 Å². The fraction of sp³-hybridized carbons (Fsp3) is 0.138. The van der Waals surface area contributed by atoms with Gasteiger partial charge >= 0.3 is 6.09 Å². The van der Waals surface area contributed by atoms with E-state index in [0.29, 0.717) is 11.5 Å². The number of furan rings is 1. The van der Waals surface area contributed by atoms with Crippen molar-refractivity contribution in [3.63, 3.8) is 0 Å². The van der Waals surface area contributed by atoms with Gasteiger partial charge in [0.2, 0.25) is 17.5 Å². The first kappa shape index (κ1) is 30.6. The molecule has 5 rings (SSSR count). The van der Waals surface area contributed by atoms with E-state index in [1.165, 1.54) is 57.1 Å². The molecule has 2 N–H and O–H groups in total. The van der Waals surface area contributed by atoms with Gasteiger partial charge < -0.3 is 28.1 Å². The highest BCUT2D eigenvalue weighted by atomic mass is 32.2. The van der Waals surface area contributed by atoms with Gasteiger partial charge in [-0.2, -0.15) is 4.98 Å². The van der Waals surface area contributed by atoms with Gasteiger partial charge in [0.25, 0.3) is 15.9 Å². The minimum Gasteiger partial charge on any atom is -0.497 e. The zero-order valence-corrected chi connectivity index (χ0v) is 24.7. The van der Waals surface area contributed by atoms with E-state index in [9.17, 15) is 13.2 Å². The van der Waals surface area contributed by atoms with Crippen LogP contribution in [0.3, 0.4) is 0 Å². The van der Waals surface area contributed by atoms with Gasteiger partial charge in [-0.1, -0.05) is 12.1 Å². The zero-order chi connectivity index (χ0) is 31.6. The van der Waals surface area contributed by atoms with Crippen molar-refractivity contribution >= 4 is 27.8 Å². The Morgan fingerprint density at radius 3 is 2.29 bits per heavy atom. The van der Waals surface area contributed by atoms with E-state index in [1.807, 2.05) is 0 Å². The number of ether oxygens (including phenoxy) is 5. The largest absolute Gasteiger partial charge is 0.497 e. The summed E-state index contributed by atoms with van der Waals surface area (Å²) in [6.07, 6.45) is 3.55. The second-order valence-electron chi connectivity index (χ2n) is 8.72. The minimum absolute atomic E-state index is 0.0742. The summed E-state index contributed by atoms with van der Waals surface area (Å²) in [7, 11) is -1.32. The summed E-state index contributed by atoms with van der Waals surface area (Å²) >= 11 is 0. The Kier molecular flexibility index (Phi) is 9.54. The standard InChI is InChI=1S/C29H26N6O9S/c1-39-19-10-12-20(13-11-19)45(37,38)35-25-24(44-22-8-4-3-7-21(22)40-2)28(34-27(33-25)26-30-14-6-15-31-26)42-17-18-43-29(36)32-23-9-5-16-41-23/h3-16H,17-18H2,1-2H3,(H,32,36)(H,33,34,35). The lowest BCUT2D eigenvalue weighted by molar-refractivity contribution is 0.135. The molecule has 2 aromatic carbocycles. The highest BCUT2D eigenvalue weighted by Gasteiger charge is 2.26. The summed E-state index contributed by atoms with van der Waals surface area (Å²) in [6, 6.07) is 17.1. The number of benzene rings is 2. The molecule has 0 aliphatic rings. The Hall–Kier alpha value is -5.90. The number of nitrogens with zero attached hydrogens (tertiary/aromatic N) is 4. The molecule has 3 aromatic heterocycles. The SMILES string of the molecule is COc1ccc(S(=O)(=O)Nc2nc(-c3ncccn3)nc(OCCOC(=O)Nc3ccco3)c2Oc2ccccc2OC)cc1. The Morgan fingerprint density at radius 2 is 1.60 bits per heavy atom. The molecule has 0 unspecified atom stereocenters. The molecule has 0 aliphatic heterocycles. The Morgan fingerprint density at radius 1 is 0.844 bits per heavy atom. The third kappa shape index (κ3) is 7.74. The molecule has 15 nitrogen and oxygen atoms in total. The summed E-state index contributed by atoms with van der Waals surface area (Å²) < 4.78 is 62.2. The van der Waals surface area contributed by atoms with Crippen LogP contribution in [-0.4, -0.2) is 61.9 Å². The Bertz CT molecular complexity index is 1840. The normalized spacial score (nSPS) is 10.9. The molecule has 232 valence electrons. The minimum atomic E-state index is -4.24. The van der Waals surface area contributed by atoms with Crippen LogP contribution in [-0.2, 0) is 14.8 Å². The number of carbonyl (C=O) groups is 1. The third-order valence-electron chi connectivity index (χ3n) is 5.78. The number of methoxy groups -OCH3 is 2. The lowest BCUT2D eigenvalue weighted by Gasteiger charge is -2.18. The molecular formula is C29H26N6O9S. The molecule has 0 spiro atoms. The molecule has 45 heavy (non-hydrogen) atoms. The second-order valence-corrected chi connectivity index (χ2v) is 10.4. The molecule has 0 fully saturated rings. The first-order valence-corrected chi connectivity index (χ1v) is 14.6. The van der Waals surface area contributed by atoms with Gasteiger partial charge in [0.15, 0.2) is 23.1 Å². The van der Waals surface area contributed by atoms with Gasteiger partial charge in [0.05, 0.1) is 25.4 Å². The van der Waals surface area contributed by atoms with Crippen LogP contribution in [0.2, 0.25) is 0 Å². The van der Waals surface area contributed by atoms with Crippen LogP contribution in [0.1, 0.15) is 0 Å². The number of carbonyl (C=O) groups excluding carboxylic acids is 1. The summed E-state index contributed by atoms with van der Waals surface area (Å²) in [5.74, 6) is 0.489. The summed E-state index contributed by atoms with van der Waals surface area (Å²) in [4.78, 5) is 29.2. The predicted molar refractivity (Wildman–Crippen MR) is 159 cm³/mol. The third-order valence-corrected chi connectivity index (χ3v) is 7.14. The molecule has 1 amide bonds.